The molecule has 1 unspecified atom stereocenters. The van der Waals surface area contributed by atoms with Crippen molar-refractivity contribution in [3.63, 3.8) is 0 Å². The molecular formula is C24H26N6OS2. The number of nitrogens with one attached hydrogen (secondary N) is 3. The molecule has 0 spiro atoms. The van der Waals surface area contributed by atoms with Crippen LogP contribution in [0, 0.1) is 5.92 Å². The van der Waals surface area contributed by atoms with E-state index < -0.39 is 0 Å². The molecule has 7 nitrogen and oxygen atoms in total. The number of hydrogen-bond donors (Lipinski definition) is 3. The van der Waals surface area contributed by atoms with Gasteiger partial charge in [0.15, 0.2) is 5.13 Å². The van der Waals surface area contributed by atoms with Gasteiger partial charge in [-0.3, -0.25) is 4.79 Å². The highest BCUT2D eigenvalue weighted by Gasteiger charge is 2.11. The van der Waals surface area contributed by atoms with Crippen LogP contribution in [0.5, 0.6) is 0 Å². The van der Waals surface area contributed by atoms with Gasteiger partial charge < -0.3 is 16.0 Å². The van der Waals surface area contributed by atoms with Gasteiger partial charge in [-0.25, -0.2) is 15.0 Å². The lowest BCUT2D eigenvalue weighted by Crippen LogP contribution is -2.22. The molecule has 0 bridgehead atoms. The smallest absolute Gasteiger partial charge is 0.251 e. The Kier molecular flexibility index (Phi) is 7.74. The summed E-state index contributed by atoms with van der Waals surface area (Å²) in [4.78, 5) is 26.9. The van der Waals surface area contributed by atoms with Crippen LogP contribution in [0.1, 0.15) is 22.8 Å². The summed E-state index contributed by atoms with van der Waals surface area (Å²) in [6.45, 7) is 4.17. The van der Waals surface area contributed by atoms with Crippen molar-refractivity contribution in [1.82, 2.24) is 20.3 Å². The van der Waals surface area contributed by atoms with Crippen LogP contribution in [0.2, 0.25) is 0 Å². The minimum atomic E-state index is -0.0869. The fourth-order valence-corrected chi connectivity index (χ4v) is 4.36. The van der Waals surface area contributed by atoms with Gasteiger partial charge in [-0.1, -0.05) is 48.6 Å². The summed E-state index contributed by atoms with van der Waals surface area (Å²) in [5, 5.41) is 10.5. The van der Waals surface area contributed by atoms with E-state index in [4.69, 9.17) is 0 Å². The van der Waals surface area contributed by atoms with E-state index in [0.29, 0.717) is 24.0 Å². The third-order valence-electron chi connectivity index (χ3n) is 5.02. The minimum Gasteiger partial charge on any atom is -0.361 e. The molecule has 0 saturated heterocycles. The Balaban J connectivity index is 1.29. The Morgan fingerprint density at radius 2 is 1.82 bits per heavy atom. The third kappa shape index (κ3) is 6.43. The van der Waals surface area contributed by atoms with Crippen molar-refractivity contribution in [1.29, 1.82) is 0 Å². The topological polar surface area (TPSA) is 91.8 Å². The van der Waals surface area contributed by atoms with E-state index in [1.807, 2.05) is 67.2 Å². The Hall–Kier alpha value is -3.17. The molecule has 0 aliphatic carbocycles. The van der Waals surface area contributed by atoms with Crippen LogP contribution >= 0.6 is 23.1 Å². The number of amides is 1. The van der Waals surface area contributed by atoms with Gasteiger partial charge in [0.2, 0.25) is 5.95 Å². The quantitative estimate of drug-likeness (QED) is 0.279. The number of rotatable bonds is 10. The lowest BCUT2D eigenvalue weighted by atomic mass is 10.2. The molecule has 0 fully saturated rings. The molecule has 0 aliphatic rings. The first-order valence-corrected chi connectivity index (χ1v) is 12.7. The Labute approximate surface area is 201 Å². The molecule has 0 aliphatic heterocycles. The zero-order valence-electron chi connectivity index (χ0n) is 18.5. The summed E-state index contributed by atoms with van der Waals surface area (Å²) < 4.78 is 0.984. The summed E-state index contributed by atoms with van der Waals surface area (Å²) in [6, 6.07) is 15.5. The second-order valence-corrected chi connectivity index (χ2v) is 9.59. The molecule has 3 N–H and O–H groups in total. The largest absolute Gasteiger partial charge is 0.361 e. The Morgan fingerprint density at radius 1 is 1.06 bits per heavy atom. The molecule has 2 aromatic heterocycles. The predicted molar refractivity (Wildman–Crippen MR) is 137 cm³/mol. The molecule has 1 amide bonds. The highest BCUT2D eigenvalue weighted by Crippen LogP contribution is 2.27. The molecular weight excluding hydrogens is 452 g/mol. The monoisotopic (exact) mass is 478 g/mol. The standard InChI is InChI=1S/C24H26N6OS2/c1-16(11-26-23-27-14-19(32-2)15-28-23)12-29-24-30-20-9-8-18(10-21(20)33-24)22(31)25-13-17-6-4-3-5-7-17/h3-10,14-16H,11-13H2,1-2H3,(H,25,31)(H,29,30)(H,26,27,28). The maximum absolute atomic E-state index is 12.5. The van der Waals surface area contributed by atoms with Crippen molar-refractivity contribution in [2.24, 2.45) is 5.92 Å². The van der Waals surface area contributed by atoms with Crippen LogP contribution in [0.15, 0.2) is 65.8 Å². The van der Waals surface area contributed by atoms with Crippen molar-refractivity contribution in [3.8, 4) is 0 Å². The second kappa shape index (κ2) is 11.1. The van der Waals surface area contributed by atoms with E-state index in [0.717, 1.165) is 38.9 Å². The van der Waals surface area contributed by atoms with Crippen molar-refractivity contribution in [3.05, 3.63) is 72.1 Å². The molecule has 0 saturated carbocycles. The molecule has 9 heteroatoms. The Bertz CT molecular complexity index is 1200. The third-order valence-corrected chi connectivity index (χ3v) is 6.68. The van der Waals surface area contributed by atoms with E-state index in [9.17, 15) is 4.79 Å². The lowest BCUT2D eigenvalue weighted by molar-refractivity contribution is 0.0951. The van der Waals surface area contributed by atoms with E-state index in [1.54, 1.807) is 23.1 Å². The van der Waals surface area contributed by atoms with E-state index in [2.05, 4.69) is 37.8 Å². The molecule has 1 atom stereocenters. The molecule has 4 rings (SSSR count). The molecule has 0 radical (unpaired) electrons. The van der Waals surface area contributed by atoms with Gasteiger partial charge in [0.1, 0.15) is 0 Å². The zero-order valence-corrected chi connectivity index (χ0v) is 20.2. The van der Waals surface area contributed by atoms with Crippen LogP contribution in [0.3, 0.4) is 0 Å². The van der Waals surface area contributed by atoms with Gasteiger partial charge >= 0.3 is 0 Å². The molecule has 170 valence electrons. The predicted octanol–water partition coefficient (Wildman–Crippen LogP) is 4.90. The van der Waals surface area contributed by atoms with E-state index in [-0.39, 0.29) is 5.91 Å². The van der Waals surface area contributed by atoms with Crippen LogP contribution in [0.4, 0.5) is 11.1 Å². The fourth-order valence-electron chi connectivity index (χ4n) is 3.13. The van der Waals surface area contributed by atoms with Crippen molar-refractivity contribution >= 4 is 50.3 Å². The first kappa shape index (κ1) is 23.0. The SMILES string of the molecule is CSc1cnc(NCC(C)CNc2nc3ccc(C(=O)NCc4ccccc4)cc3s2)nc1. The van der Waals surface area contributed by atoms with E-state index >= 15 is 0 Å². The van der Waals surface area contributed by atoms with Crippen molar-refractivity contribution < 1.29 is 4.79 Å². The Morgan fingerprint density at radius 3 is 2.58 bits per heavy atom. The fraction of sp³-hybridized carbons (Fsp3) is 0.250. The van der Waals surface area contributed by atoms with Gasteiger partial charge in [-0.2, -0.15) is 0 Å². The van der Waals surface area contributed by atoms with Gasteiger partial charge in [-0.05, 0) is 35.9 Å². The first-order valence-electron chi connectivity index (χ1n) is 10.7. The molecule has 33 heavy (non-hydrogen) atoms. The summed E-state index contributed by atoms with van der Waals surface area (Å²) in [7, 11) is 0. The highest BCUT2D eigenvalue weighted by atomic mass is 32.2. The number of carbonyl (C=O) groups excluding carboxylic acids is 1. The number of nitrogens with zero attached hydrogens (tertiary/aromatic N) is 3. The summed E-state index contributed by atoms with van der Waals surface area (Å²) in [6.07, 6.45) is 5.64. The zero-order chi connectivity index (χ0) is 23.0. The number of aromatic nitrogens is 3. The number of thioether (sulfide) groups is 1. The van der Waals surface area contributed by atoms with Gasteiger partial charge in [0, 0.05) is 42.5 Å². The van der Waals surface area contributed by atoms with Crippen molar-refractivity contribution in [2.75, 3.05) is 30.0 Å². The number of benzene rings is 2. The molecule has 2 heterocycles. The van der Waals surface area contributed by atoms with Gasteiger partial charge in [-0.15, -0.1) is 11.8 Å². The van der Waals surface area contributed by atoms with E-state index in [1.165, 1.54) is 0 Å². The van der Waals surface area contributed by atoms with Gasteiger partial charge in [0.05, 0.1) is 10.2 Å². The average molecular weight is 479 g/mol. The van der Waals surface area contributed by atoms with Crippen LogP contribution in [-0.4, -0.2) is 40.2 Å². The highest BCUT2D eigenvalue weighted by molar-refractivity contribution is 7.98. The lowest BCUT2D eigenvalue weighted by Gasteiger charge is -2.13. The molecule has 4 aromatic rings. The maximum atomic E-state index is 12.5. The number of thiazole rings is 1. The first-order chi connectivity index (χ1) is 16.1. The average Bonchev–Trinajstić information content (AvgIpc) is 3.28. The summed E-state index contributed by atoms with van der Waals surface area (Å²) in [5.74, 6) is 0.897. The number of anilines is 2. The summed E-state index contributed by atoms with van der Waals surface area (Å²) >= 11 is 3.18. The number of hydrogen-bond acceptors (Lipinski definition) is 8. The maximum Gasteiger partial charge on any atom is 0.251 e. The second-order valence-electron chi connectivity index (χ2n) is 7.68. The normalized spacial score (nSPS) is 11.8. The van der Waals surface area contributed by atoms with Crippen molar-refractivity contribution in [2.45, 2.75) is 18.4 Å². The number of fused-ring (bicyclic) bond motifs is 1. The van der Waals surface area contributed by atoms with Gasteiger partial charge in [0.25, 0.3) is 5.91 Å². The van der Waals surface area contributed by atoms with Crippen LogP contribution in [0.25, 0.3) is 10.2 Å². The number of carbonyl (C=O) groups is 1. The molecule has 2 aromatic carbocycles. The van der Waals surface area contributed by atoms with Crippen LogP contribution in [-0.2, 0) is 6.54 Å². The minimum absolute atomic E-state index is 0.0869. The van der Waals surface area contributed by atoms with Crippen LogP contribution < -0.4 is 16.0 Å². The summed E-state index contributed by atoms with van der Waals surface area (Å²) in [5.41, 5.74) is 2.59.